The van der Waals surface area contributed by atoms with E-state index >= 15 is 0 Å². The summed E-state index contributed by atoms with van der Waals surface area (Å²) in [6, 6.07) is 3.38. The normalized spacial score (nSPS) is 54.4. The van der Waals surface area contributed by atoms with E-state index in [2.05, 4.69) is 68.5 Å². The molecule has 8 bridgehead atoms. The van der Waals surface area contributed by atoms with E-state index in [9.17, 15) is 9.90 Å². The van der Waals surface area contributed by atoms with Gasteiger partial charge in [0.25, 0.3) is 0 Å². The lowest BCUT2D eigenvalue weighted by atomic mass is 9.76. The van der Waals surface area contributed by atoms with Crippen molar-refractivity contribution < 1.29 is 14.6 Å². The molecular weight excluding hydrogens is 512 g/mol. The van der Waals surface area contributed by atoms with Crippen LogP contribution in [0.15, 0.2) is 12.7 Å². The van der Waals surface area contributed by atoms with Gasteiger partial charge in [-0.2, -0.15) is 0 Å². The number of fused-ring (bicyclic) bond motifs is 8. The summed E-state index contributed by atoms with van der Waals surface area (Å²) in [6.07, 6.45) is 8.73. The number of carbonyl (C=O) groups excluding carboxylic acids is 1. The summed E-state index contributed by atoms with van der Waals surface area (Å²) in [4.78, 5) is 12.3. The maximum atomic E-state index is 12.3. The zero-order valence-electron chi connectivity index (χ0n) is 26.4. The Morgan fingerprint density at radius 1 is 0.805 bits per heavy atom. The first-order valence-corrected chi connectivity index (χ1v) is 17.1. The van der Waals surface area contributed by atoms with Crippen LogP contribution in [0.1, 0.15) is 79.6 Å². The number of ether oxygens (including phenoxy) is 1. The van der Waals surface area contributed by atoms with Crippen LogP contribution in [-0.4, -0.2) is 72.6 Å². The minimum atomic E-state index is -0.260. The molecule has 6 rings (SSSR count). The molecule has 5 saturated heterocycles. The molecule has 7 heteroatoms. The minimum Gasteiger partial charge on any atom is -0.469 e. The van der Waals surface area contributed by atoms with Crippen LogP contribution >= 0.6 is 0 Å². The van der Waals surface area contributed by atoms with Crippen molar-refractivity contribution in [1.82, 2.24) is 21.3 Å². The van der Waals surface area contributed by atoms with Crippen molar-refractivity contribution in [3.63, 3.8) is 0 Å². The lowest BCUT2D eigenvalue weighted by molar-refractivity contribution is -0.141. The fraction of sp³-hybridized carbons (Fsp3) is 0.912. The molecule has 0 aromatic rings. The topological polar surface area (TPSA) is 94.6 Å². The van der Waals surface area contributed by atoms with Gasteiger partial charge in [-0.15, -0.1) is 6.58 Å². The second kappa shape index (κ2) is 11.8. The summed E-state index contributed by atoms with van der Waals surface area (Å²) >= 11 is 0. The zero-order chi connectivity index (χ0) is 29.2. The number of methoxy groups -OCH3 is 1. The Morgan fingerprint density at radius 3 is 2.10 bits per heavy atom. The van der Waals surface area contributed by atoms with Gasteiger partial charge in [0.1, 0.15) is 0 Å². The largest absolute Gasteiger partial charge is 0.469 e. The van der Waals surface area contributed by atoms with Crippen molar-refractivity contribution in [3.8, 4) is 0 Å². The van der Waals surface area contributed by atoms with E-state index in [-0.39, 0.29) is 12.1 Å². The van der Waals surface area contributed by atoms with E-state index in [4.69, 9.17) is 4.74 Å². The number of hydrogen-bond donors (Lipinski definition) is 5. The third kappa shape index (κ3) is 5.13. The Morgan fingerprint density at radius 2 is 1.39 bits per heavy atom. The minimum absolute atomic E-state index is 0.111. The van der Waals surface area contributed by atoms with Gasteiger partial charge >= 0.3 is 5.97 Å². The van der Waals surface area contributed by atoms with E-state index in [0.29, 0.717) is 108 Å². The molecule has 18 unspecified atom stereocenters. The van der Waals surface area contributed by atoms with Gasteiger partial charge in [0.2, 0.25) is 0 Å². The van der Waals surface area contributed by atoms with E-state index in [1.807, 2.05) is 0 Å². The average Bonchev–Trinajstić information content (AvgIpc) is 3.70. The smallest absolute Gasteiger partial charge is 0.305 e. The highest BCUT2D eigenvalue weighted by molar-refractivity contribution is 5.69. The number of carbonyl (C=O) groups is 1. The number of hydrogen-bond acceptors (Lipinski definition) is 7. The summed E-state index contributed by atoms with van der Waals surface area (Å²) in [5, 5.41) is 28.1. The van der Waals surface area contributed by atoms with Crippen molar-refractivity contribution in [2.45, 2.75) is 134 Å². The highest BCUT2D eigenvalue weighted by atomic mass is 16.5. The van der Waals surface area contributed by atoms with Crippen LogP contribution in [0.5, 0.6) is 0 Å². The lowest BCUT2D eigenvalue weighted by Crippen LogP contribution is -2.48. The summed E-state index contributed by atoms with van der Waals surface area (Å²) in [7, 11) is 1.50. The first kappa shape index (κ1) is 30.1. The summed E-state index contributed by atoms with van der Waals surface area (Å²) in [5.41, 5.74) is 0. The van der Waals surface area contributed by atoms with Crippen LogP contribution in [0, 0.1) is 53.3 Å². The van der Waals surface area contributed by atoms with Crippen molar-refractivity contribution in [2.24, 2.45) is 53.3 Å². The maximum Gasteiger partial charge on any atom is 0.305 e. The summed E-state index contributed by atoms with van der Waals surface area (Å²) in [5.74, 6) is 4.24. The van der Waals surface area contributed by atoms with Crippen LogP contribution in [0.25, 0.3) is 0 Å². The van der Waals surface area contributed by atoms with Gasteiger partial charge in [0.05, 0.1) is 13.2 Å². The second-order valence-electron chi connectivity index (χ2n) is 15.2. The molecule has 18 atom stereocenters. The number of esters is 1. The molecule has 0 spiro atoms. The van der Waals surface area contributed by atoms with Crippen LogP contribution in [0.3, 0.4) is 0 Å². The van der Waals surface area contributed by atoms with Crippen molar-refractivity contribution >= 4 is 5.97 Å². The highest BCUT2D eigenvalue weighted by Gasteiger charge is 2.58. The summed E-state index contributed by atoms with van der Waals surface area (Å²) in [6.45, 7) is 16.4. The van der Waals surface area contributed by atoms with E-state index in [1.54, 1.807) is 0 Å². The Balaban J connectivity index is 1.34. The number of nitrogens with one attached hydrogen (secondary N) is 4. The molecule has 5 N–H and O–H groups in total. The number of aliphatic hydroxyl groups is 1. The van der Waals surface area contributed by atoms with Gasteiger partial charge in [-0.3, -0.25) is 4.79 Å². The fourth-order valence-corrected chi connectivity index (χ4v) is 11.3. The standard InChI is InChI=1S/C34H58N4O3/c1-8-20-16(3)24-13-26-18(5)22(10-11-31(40)41-7)33(37-26)23-12-30(39)32-19(6)27(38-34(23)32)15-29-21(9-2)17(4)25(36-29)14-28(20)35-24/h8,16-30,32-39H,1,9-15H2,2-7H3. The molecule has 7 nitrogen and oxygen atoms in total. The predicted molar refractivity (Wildman–Crippen MR) is 163 cm³/mol. The molecular formula is C34H58N4O3. The SMILES string of the molecule is C=CC1C2CC3NC(CC4NC5C(CC(O)C5C4C)C4NC(CC(N2)C1C)C(C)C4CCC(=O)OC)C(CC)C3C. The molecule has 1 saturated carbocycles. The van der Waals surface area contributed by atoms with Gasteiger partial charge in [-0.05, 0) is 79.4 Å². The van der Waals surface area contributed by atoms with Gasteiger partial charge in [0, 0.05) is 60.7 Å². The van der Waals surface area contributed by atoms with Crippen molar-refractivity contribution in [1.29, 1.82) is 0 Å². The number of aliphatic hydroxyl groups excluding tert-OH is 1. The molecule has 5 heterocycles. The van der Waals surface area contributed by atoms with Crippen LogP contribution in [0.4, 0.5) is 0 Å². The van der Waals surface area contributed by atoms with Gasteiger partial charge in [-0.25, -0.2) is 0 Å². The van der Waals surface area contributed by atoms with Crippen LogP contribution < -0.4 is 21.3 Å². The molecule has 0 amide bonds. The predicted octanol–water partition coefficient (Wildman–Crippen LogP) is 3.47. The van der Waals surface area contributed by atoms with Crippen LogP contribution in [0.2, 0.25) is 0 Å². The first-order valence-electron chi connectivity index (χ1n) is 17.1. The molecule has 41 heavy (non-hydrogen) atoms. The van der Waals surface area contributed by atoms with E-state index < -0.39 is 0 Å². The quantitative estimate of drug-likeness (QED) is 0.255. The van der Waals surface area contributed by atoms with E-state index in [1.165, 1.54) is 13.5 Å². The maximum absolute atomic E-state index is 12.3. The van der Waals surface area contributed by atoms with Crippen molar-refractivity contribution in [3.05, 3.63) is 12.7 Å². The molecule has 6 aliphatic rings. The molecule has 0 aromatic heterocycles. The molecule has 0 aromatic carbocycles. The van der Waals surface area contributed by atoms with Crippen molar-refractivity contribution in [2.75, 3.05) is 7.11 Å². The van der Waals surface area contributed by atoms with Crippen LogP contribution in [-0.2, 0) is 9.53 Å². The third-order valence-electron chi connectivity index (χ3n) is 13.7. The summed E-state index contributed by atoms with van der Waals surface area (Å²) < 4.78 is 5.06. The molecule has 0 radical (unpaired) electrons. The van der Waals surface area contributed by atoms with Gasteiger partial charge in [0.15, 0.2) is 0 Å². The highest BCUT2D eigenvalue weighted by Crippen LogP contribution is 2.50. The zero-order valence-corrected chi connectivity index (χ0v) is 26.4. The van der Waals surface area contributed by atoms with Gasteiger partial charge < -0.3 is 31.1 Å². The Bertz CT molecular complexity index is 962. The Hall–Kier alpha value is -0.990. The molecule has 232 valence electrons. The average molecular weight is 571 g/mol. The fourth-order valence-electron chi connectivity index (χ4n) is 11.3. The first-order chi connectivity index (χ1) is 19.7. The van der Waals surface area contributed by atoms with Gasteiger partial charge in [-0.1, -0.05) is 47.1 Å². The lowest BCUT2D eigenvalue weighted by Gasteiger charge is -2.32. The molecule has 1 aliphatic carbocycles. The second-order valence-corrected chi connectivity index (χ2v) is 15.2. The molecule has 6 fully saturated rings. The Kier molecular flexibility index (Phi) is 8.67. The Labute approximate surface area is 248 Å². The van der Waals surface area contributed by atoms with E-state index in [0.717, 1.165) is 32.1 Å². The number of rotatable bonds is 5. The third-order valence-corrected chi connectivity index (χ3v) is 13.7. The monoisotopic (exact) mass is 570 g/mol. The molecule has 5 aliphatic heterocycles.